The van der Waals surface area contributed by atoms with Crippen LogP contribution < -0.4 is 15.4 Å². The van der Waals surface area contributed by atoms with E-state index in [9.17, 15) is 4.79 Å². The molecule has 0 bridgehead atoms. The van der Waals surface area contributed by atoms with Crippen LogP contribution in [0.2, 0.25) is 0 Å². The molecule has 0 saturated heterocycles. The Balaban J connectivity index is 1.77. The van der Waals surface area contributed by atoms with Crippen LogP contribution in [-0.4, -0.2) is 23.1 Å². The molecule has 0 fully saturated rings. The second-order valence-corrected chi connectivity index (χ2v) is 6.59. The van der Waals surface area contributed by atoms with Crippen molar-refractivity contribution in [1.29, 1.82) is 0 Å². The summed E-state index contributed by atoms with van der Waals surface area (Å²) >= 11 is 1.58. The van der Waals surface area contributed by atoms with Gasteiger partial charge in [0.15, 0.2) is 0 Å². The first-order valence-corrected chi connectivity index (χ1v) is 8.31. The van der Waals surface area contributed by atoms with Crippen molar-refractivity contribution in [2.24, 2.45) is 0 Å². The molecule has 6 nitrogen and oxygen atoms in total. The zero-order valence-electron chi connectivity index (χ0n) is 13.7. The summed E-state index contributed by atoms with van der Waals surface area (Å²) in [5.74, 6) is 0.583. The Kier molecular flexibility index (Phi) is 4.61. The van der Waals surface area contributed by atoms with Crippen LogP contribution >= 0.6 is 11.3 Å². The maximum atomic E-state index is 12.3. The summed E-state index contributed by atoms with van der Waals surface area (Å²) in [7, 11) is 1.57. The Morgan fingerprint density at radius 1 is 1.29 bits per heavy atom. The molecule has 0 aliphatic rings. The van der Waals surface area contributed by atoms with E-state index in [2.05, 4.69) is 20.6 Å². The van der Waals surface area contributed by atoms with Crippen molar-refractivity contribution in [3.63, 3.8) is 0 Å². The Morgan fingerprint density at radius 2 is 2.04 bits per heavy atom. The molecule has 0 spiro atoms. The van der Waals surface area contributed by atoms with E-state index in [1.165, 1.54) is 0 Å². The summed E-state index contributed by atoms with van der Waals surface area (Å²) in [5.41, 5.74) is 2.47. The Hall–Kier alpha value is -2.67. The summed E-state index contributed by atoms with van der Waals surface area (Å²) in [4.78, 5) is 20.7. The van der Waals surface area contributed by atoms with Gasteiger partial charge in [0.1, 0.15) is 5.75 Å². The Labute approximate surface area is 143 Å². The lowest BCUT2D eigenvalue weighted by atomic mass is 10.1. The van der Waals surface area contributed by atoms with E-state index in [-0.39, 0.29) is 12.1 Å². The maximum absolute atomic E-state index is 12.3. The van der Waals surface area contributed by atoms with Gasteiger partial charge in [-0.3, -0.25) is 4.98 Å². The second-order valence-electron chi connectivity index (χ2n) is 5.35. The number of nitrogens with zero attached hydrogens (tertiary/aromatic N) is 2. The number of benzene rings is 1. The number of amides is 2. The van der Waals surface area contributed by atoms with E-state index in [1.54, 1.807) is 30.8 Å². The topological polar surface area (TPSA) is 76.1 Å². The molecule has 1 unspecified atom stereocenters. The Morgan fingerprint density at radius 3 is 2.75 bits per heavy atom. The number of methoxy groups -OCH3 is 1. The van der Waals surface area contributed by atoms with Gasteiger partial charge in [-0.15, -0.1) is 11.3 Å². The third kappa shape index (κ3) is 3.46. The normalized spacial score (nSPS) is 12.0. The molecule has 2 aromatic heterocycles. The minimum atomic E-state index is -0.293. The molecule has 1 aromatic carbocycles. The van der Waals surface area contributed by atoms with Crippen molar-refractivity contribution >= 4 is 33.3 Å². The third-order valence-electron chi connectivity index (χ3n) is 3.62. The highest BCUT2D eigenvalue weighted by atomic mass is 32.1. The molecule has 0 aliphatic heterocycles. The number of pyridine rings is 1. The zero-order chi connectivity index (χ0) is 17.1. The van der Waals surface area contributed by atoms with Gasteiger partial charge < -0.3 is 15.4 Å². The molecule has 3 rings (SSSR count). The number of hydrogen-bond donors (Lipinski definition) is 2. The number of aryl methyl sites for hydroxylation is 1. The summed E-state index contributed by atoms with van der Waals surface area (Å²) in [6.45, 7) is 3.87. The number of ether oxygens (including phenoxy) is 1. The van der Waals surface area contributed by atoms with E-state index < -0.39 is 0 Å². The van der Waals surface area contributed by atoms with Crippen molar-refractivity contribution < 1.29 is 9.53 Å². The molecule has 7 heteroatoms. The van der Waals surface area contributed by atoms with E-state index in [0.29, 0.717) is 11.4 Å². The van der Waals surface area contributed by atoms with Gasteiger partial charge in [-0.2, -0.15) is 0 Å². The number of fused-ring (bicyclic) bond motifs is 1. The van der Waals surface area contributed by atoms with Crippen LogP contribution in [0.3, 0.4) is 0 Å². The van der Waals surface area contributed by atoms with E-state index in [4.69, 9.17) is 4.74 Å². The quantitative estimate of drug-likeness (QED) is 0.754. The first kappa shape index (κ1) is 16.2. The molecule has 2 amide bonds. The van der Waals surface area contributed by atoms with Crippen molar-refractivity contribution in [2.75, 3.05) is 12.4 Å². The fraction of sp³-hybridized carbons (Fsp3) is 0.235. The SMILES string of the molecule is COc1cc2nc(C)sc2cc1NC(=O)NC(C)c1ccncc1. The number of nitrogens with one attached hydrogen (secondary N) is 2. The van der Waals surface area contributed by atoms with Crippen molar-refractivity contribution in [2.45, 2.75) is 19.9 Å². The van der Waals surface area contributed by atoms with Crippen LogP contribution in [0.5, 0.6) is 5.75 Å². The van der Waals surface area contributed by atoms with E-state index >= 15 is 0 Å². The van der Waals surface area contributed by atoms with Gasteiger partial charge in [0.2, 0.25) is 0 Å². The van der Waals surface area contributed by atoms with Gasteiger partial charge in [-0.1, -0.05) is 0 Å². The maximum Gasteiger partial charge on any atom is 0.319 e. The Bertz CT molecular complexity index is 864. The summed E-state index contributed by atoms with van der Waals surface area (Å²) in [6.07, 6.45) is 3.41. The standard InChI is InChI=1S/C17H18N4O2S/c1-10(12-4-6-18-7-5-12)19-17(22)21-13-9-16-14(8-15(13)23-3)20-11(2)24-16/h4-10H,1-3H3,(H2,19,21,22). The van der Waals surface area contributed by atoms with Gasteiger partial charge in [-0.05, 0) is 37.6 Å². The van der Waals surface area contributed by atoms with Gasteiger partial charge in [0.05, 0.1) is 34.1 Å². The lowest BCUT2D eigenvalue weighted by Gasteiger charge is -2.16. The minimum absolute atomic E-state index is 0.131. The fourth-order valence-electron chi connectivity index (χ4n) is 2.43. The number of carbonyl (C=O) groups excluding carboxylic acids is 1. The molecule has 0 radical (unpaired) electrons. The zero-order valence-corrected chi connectivity index (χ0v) is 14.5. The molecule has 24 heavy (non-hydrogen) atoms. The predicted molar refractivity (Wildman–Crippen MR) is 95.7 cm³/mol. The number of thiazole rings is 1. The molecule has 2 heterocycles. The lowest BCUT2D eigenvalue weighted by molar-refractivity contribution is 0.249. The van der Waals surface area contributed by atoms with Crippen LogP contribution in [-0.2, 0) is 0 Å². The molecule has 0 aliphatic carbocycles. The molecule has 2 N–H and O–H groups in total. The highest BCUT2D eigenvalue weighted by Crippen LogP contribution is 2.33. The summed E-state index contributed by atoms with van der Waals surface area (Å²) in [5, 5.41) is 6.73. The van der Waals surface area contributed by atoms with Gasteiger partial charge in [0, 0.05) is 18.5 Å². The molecule has 124 valence electrons. The summed E-state index contributed by atoms with van der Waals surface area (Å²) < 4.78 is 6.37. The molecule has 3 aromatic rings. The number of rotatable bonds is 4. The summed E-state index contributed by atoms with van der Waals surface area (Å²) in [6, 6.07) is 7.04. The number of carbonyl (C=O) groups is 1. The van der Waals surface area contributed by atoms with Gasteiger partial charge in [-0.25, -0.2) is 9.78 Å². The smallest absolute Gasteiger partial charge is 0.319 e. The van der Waals surface area contributed by atoms with Crippen molar-refractivity contribution in [3.05, 3.63) is 47.2 Å². The number of urea groups is 1. The lowest BCUT2D eigenvalue weighted by Crippen LogP contribution is -2.31. The van der Waals surface area contributed by atoms with Crippen LogP contribution in [0.4, 0.5) is 10.5 Å². The average molecular weight is 342 g/mol. The van der Waals surface area contributed by atoms with Crippen molar-refractivity contribution in [3.8, 4) is 5.75 Å². The monoisotopic (exact) mass is 342 g/mol. The largest absolute Gasteiger partial charge is 0.494 e. The van der Waals surface area contributed by atoms with Crippen LogP contribution in [0, 0.1) is 6.92 Å². The first-order valence-electron chi connectivity index (χ1n) is 7.49. The highest BCUT2D eigenvalue weighted by molar-refractivity contribution is 7.18. The number of hydrogen-bond acceptors (Lipinski definition) is 5. The van der Waals surface area contributed by atoms with Crippen LogP contribution in [0.1, 0.15) is 23.5 Å². The first-order chi connectivity index (χ1) is 11.6. The van der Waals surface area contributed by atoms with Crippen LogP contribution in [0.25, 0.3) is 10.2 Å². The minimum Gasteiger partial charge on any atom is -0.494 e. The molecule has 1 atom stereocenters. The predicted octanol–water partition coefficient (Wildman–Crippen LogP) is 3.89. The highest BCUT2D eigenvalue weighted by Gasteiger charge is 2.14. The molecule has 0 saturated carbocycles. The fourth-order valence-corrected chi connectivity index (χ4v) is 3.28. The van der Waals surface area contributed by atoms with E-state index in [1.807, 2.05) is 38.1 Å². The molecular weight excluding hydrogens is 324 g/mol. The second kappa shape index (κ2) is 6.84. The van der Waals surface area contributed by atoms with Crippen LogP contribution in [0.15, 0.2) is 36.7 Å². The average Bonchev–Trinajstić information content (AvgIpc) is 2.93. The molecular formula is C17H18N4O2S. The number of anilines is 1. The third-order valence-corrected chi connectivity index (χ3v) is 4.55. The van der Waals surface area contributed by atoms with Gasteiger partial charge in [0.25, 0.3) is 0 Å². The van der Waals surface area contributed by atoms with E-state index in [0.717, 1.165) is 20.8 Å². The van der Waals surface area contributed by atoms with Crippen molar-refractivity contribution in [1.82, 2.24) is 15.3 Å². The number of aromatic nitrogens is 2. The van der Waals surface area contributed by atoms with Gasteiger partial charge >= 0.3 is 6.03 Å².